The number of benzene rings is 1. The van der Waals surface area contributed by atoms with E-state index in [1.54, 1.807) is 12.1 Å². The lowest BCUT2D eigenvalue weighted by molar-refractivity contribution is -0.137. The van der Waals surface area contributed by atoms with Gasteiger partial charge in [0.05, 0.1) is 28.5 Å². The normalized spacial score (nSPS) is 16.1. The van der Waals surface area contributed by atoms with Crippen molar-refractivity contribution in [3.63, 3.8) is 0 Å². The highest BCUT2D eigenvalue weighted by molar-refractivity contribution is 7.14. The van der Waals surface area contributed by atoms with Gasteiger partial charge in [-0.25, -0.2) is 0 Å². The summed E-state index contributed by atoms with van der Waals surface area (Å²) in [5, 5.41) is 0. The van der Waals surface area contributed by atoms with E-state index in [0.717, 1.165) is 17.0 Å². The highest BCUT2D eigenvalue weighted by Gasteiger charge is 2.30. The molecular formula is C15H11F3O3S. The van der Waals surface area contributed by atoms with E-state index in [4.69, 9.17) is 9.47 Å². The second-order valence-corrected chi connectivity index (χ2v) is 5.80. The molecule has 2 heterocycles. The van der Waals surface area contributed by atoms with Crippen molar-refractivity contribution < 1.29 is 27.4 Å². The van der Waals surface area contributed by atoms with Crippen LogP contribution in [0.25, 0.3) is 0 Å². The van der Waals surface area contributed by atoms with Gasteiger partial charge < -0.3 is 9.47 Å². The van der Waals surface area contributed by atoms with Crippen molar-refractivity contribution >= 4 is 17.1 Å². The second kappa shape index (κ2) is 5.83. The third-order valence-corrected chi connectivity index (χ3v) is 4.28. The van der Waals surface area contributed by atoms with Crippen LogP contribution in [0.4, 0.5) is 13.2 Å². The molecule has 0 unspecified atom stereocenters. The zero-order valence-corrected chi connectivity index (χ0v) is 12.0. The number of halogens is 3. The minimum absolute atomic E-state index is 0.217. The maximum absolute atomic E-state index is 12.5. The lowest BCUT2D eigenvalue weighted by atomic mass is 10.1. The third kappa shape index (κ3) is 3.06. The van der Waals surface area contributed by atoms with Gasteiger partial charge in [0.1, 0.15) is 0 Å². The van der Waals surface area contributed by atoms with Gasteiger partial charge >= 0.3 is 6.18 Å². The predicted octanol–water partition coefficient (Wildman–Crippen LogP) is 4.04. The van der Waals surface area contributed by atoms with E-state index >= 15 is 0 Å². The number of hydrogen-bond donors (Lipinski definition) is 0. The molecule has 0 N–H and O–H groups in total. The molecule has 0 saturated carbocycles. The van der Waals surface area contributed by atoms with E-state index in [1.165, 1.54) is 23.5 Å². The summed E-state index contributed by atoms with van der Waals surface area (Å²) >= 11 is 1.22. The largest absolute Gasteiger partial charge is 0.416 e. The number of ketones is 1. The van der Waals surface area contributed by atoms with Gasteiger partial charge in [-0.1, -0.05) is 12.1 Å². The Morgan fingerprint density at radius 2 is 1.68 bits per heavy atom. The van der Waals surface area contributed by atoms with Crippen molar-refractivity contribution in [2.24, 2.45) is 0 Å². The molecule has 1 fully saturated rings. The van der Waals surface area contributed by atoms with Crippen molar-refractivity contribution in [1.82, 2.24) is 0 Å². The van der Waals surface area contributed by atoms with Gasteiger partial charge in [-0.05, 0) is 24.3 Å². The molecule has 1 aromatic heterocycles. The Balaban J connectivity index is 1.79. The number of rotatable bonds is 3. The van der Waals surface area contributed by atoms with Crippen LogP contribution in [-0.4, -0.2) is 19.0 Å². The number of carbonyl (C=O) groups is 1. The summed E-state index contributed by atoms with van der Waals surface area (Å²) in [4.78, 5) is 13.5. The Morgan fingerprint density at radius 1 is 1.05 bits per heavy atom. The fourth-order valence-corrected chi connectivity index (χ4v) is 3.05. The smallest absolute Gasteiger partial charge is 0.345 e. The molecule has 116 valence electrons. The summed E-state index contributed by atoms with van der Waals surface area (Å²) in [6.07, 6.45) is -4.87. The van der Waals surface area contributed by atoms with Crippen molar-refractivity contribution in [1.29, 1.82) is 0 Å². The highest BCUT2D eigenvalue weighted by atomic mass is 32.1. The summed E-state index contributed by atoms with van der Waals surface area (Å²) in [6.45, 7) is 1.01. The fourth-order valence-electron chi connectivity index (χ4n) is 2.08. The van der Waals surface area contributed by atoms with Crippen LogP contribution in [0.3, 0.4) is 0 Å². The van der Waals surface area contributed by atoms with Crippen LogP contribution in [-0.2, 0) is 15.7 Å². The Morgan fingerprint density at radius 3 is 2.27 bits per heavy atom. The summed E-state index contributed by atoms with van der Waals surface area (Å²) in [6, 6.07) is 7.55. The maximum atomic E-state index is 12.5. The second-order valence-electron chi connectivity index (χ2n) is 4.68. The van der Waals surface area contributed by atoms with Gasteiger partial charge in [0, 0.05) is 5.56 Å². The van der Waals surface area contributed by atoms with E-state index in [-0.39, 0.29) is 11.3 Å². The maximum Gasteiger partial charge on any atom is 0.416 e. The van der Waals surface area contributed by atoms with Gasteiger partial charge in [-0.2, -0.15) is 13.2 Å². The van der Waals surface area contributed by atoms with Crippen molar-refractivity contribution in [2.75, 3.05) is 13.2 Å². The van der Waals surface area contributed by atoms with Gasteiger partial charge in [-0.3, -0.25) is 4.79 Å². The molecule has 0 radical (unpaired) electrons. The molecule has 3 nitrogen and oxygen atoms in total. The average molecular weight is 328 g/mol. The van der Waals surface area contributed by atoms with Gasteiger partial charge in [0.2, 0.25) is 5.78 Å². The van der Waals surface area contributed by atoms with Gasteiger partial charge in [0.25, 0.3) is 0 Å². The molecule has 1 aromatic carbocycles. The molecule has 0 spiro atoms. The molecule has 0 amide bonds. The lowest BCUT2D eigenvalue weighted by Gasteiger charge is -2.07. The molecule has 0 aliphatic carbocycles. The standard InChI is InChI=1S/C15H11F3O3S/c16-15(17,18)10-3-1-9(2-4-10)13(19)11-5-6-12(22-11)14-20-7-8-21-14/h1-6,14H,7-8H2. The van der Waals surface area contributed by atoms with Gasteiger partial charge in [-0.15, -0.1) is 11.3 Å². The van der Waals surface area contributed by atoms with E-state index in [9.17, 15) is 18.0 Å². The first-order chi connectivity index (χ1) is 10.4. The van der Waals surface area contributed by atoms with E-state index in [0.29, 0.717) is 18.1 Å². The quantitative estimate of drug-likeness (QED) is 0.798. The summed E-state index contributed by atoms with van der Waals surface area (Å²) < 4.78 is 48.2. The van der Waals surface area contributed by atoms with Crippen molar-refractivity contribution in [3.8, 4) is 0 Å². The zero-order valence-electron chi connectivity index (χ0n) is 11.2. The SMILES string of the molecule is O=C(c1ccc(C(F)(F)F)cc1)c1ccc(C2OCCO2)s1. The van der Waals surface area contributed by atoms with Crippen LogP contribution in [0.2, 0.25) is 0 Å². The summed E-state index contributed by atoms with van der Waals surface area (Å²) in [5.41, 5.74) is -0.557. The predicted molar refractivity (Wildman–Crippen MR) is 73.8 cm³/mol. The molecule has 22 heavy (non-hydrogen) atoms. The minimum atomic E-state index is -4.41. The molecule has 1 aliphatic heterocycles. The molecule has 1 aliphatic rings. The topological polar surface area (TPSA) is 35.5 Å². The summed E-state index contributed by atoms with van der Waals surface area (Å²) in [5.74, 6) is -0.317. The lowest BCUT2D eigenvalue weighted by Crippen LogP contribution is -2.06. The van der Waals surface area contributed by atoms with E-state index < -0.39 is 18.0 Å². The minimum Gasteiger partial charge on any atom is -0.345 e. The number of carbonyl (C=O) groups excluding carboxylic acids is 1. The van der Waals surface area contributed by atoms with Crippen LogP contribution in [0.1, 0.15) is 32.0 Å². The first-order valence-corrected chi connectivity index (χ1v) is 7.32. The number of alkyl halides is 3. The first kappa shape index (κ1) is 15.2. The molecule has 2 aromatic rings. The average Bonchev–Trinajstić information content (AvgIpc) is 3.16. The Kier molecular flexibility index (Phi) is 4.03. The molecule has 0 bridgehead atoms. The molecule has 3 rings (SSSR count). The van der Waals surface area contributed by atoms with E-state index in [2.05, 4.69) is 0 Å². The van der Waals surface area contributed by atoms with Crippen LogP contribution >= 0.6 is 11.3 Å². The van der Waals surface area contributed by atoms with Crippen LogP contribution in [0.5, 0.6) is 0 Å². The fraction of sp³-hybridized carbons (Fsp3) is 0.267. The van der Waals surface area contributed by atoms with E-state index in [1.807, 2.05) is 0 Å². The zero-order chi connectivity index (χ0) is 15.7. The Hall–Kier alpha value is -1.70. The third-order valence-electron chi connectivity index (χ3n) is 3.18. The first-order valence-electron chi connectivity index (χ1n) is 6.50. The van der Waals surface area contributed by atoms with Crippen LogP contribution in [0, 0.1) is 0 Å². The number of ether oxygens (including phenoxy) is 2. The molecule has 7 heteroatoms. The monoisotopic (exact) mass is 328 g/mol. The Bertz CT molecular complexity index is 670. The number of thiophene rings is 1. The number of hydrogen-bond acceptors (Lipinski definition) is 4. The van der Waals surface area contributed by atoms with Gasteiger partial charge in [0.15, 0.2) is 6.29 Å². The van der Waals surface area contributed by atoms with Crippen LogP contribution < -0.4 is 0 Å². The van der Waals surface area contributed by atoms with Crippen LogP contribution in [0.15, 0.2) is 36.4 Å². The highest BCUT2D eigenvalue weighted by Crippen LogP contribution is 2.32. The summed E-state index contributed by atoms with van der Waals surface area (Å²) in [7, 11) is 0. The molecule has 1 saturated heterocycles. The Labute approximate surface area is 128 Å². The van der Waals surface area contributed by atoms with Crippen molar-refractivity contribution in [3.05, 3.63) is 57.3 Å². The van der Waals surface area contributed by atoms with Crippen molar-refractivity contribution in [2.45, 2.75) is 12.5 Å². The molecular weight excluding hydrogens is 317 g/mol. The molecule has 0 atom stereocenters.